The van der Waals surface area contributed by atoms with Gasteiger partial charge in [-0.3, -0.25) is 4.90 Å². The van der Waals surface area contributed by atoms with Crippen LogP contribution in [0.4, 0.5) is 13.2 Å². The molecule has 0 bridgehead atoms. The van der Waals surface area contributed by atoms with Crippen molar-refractivity contribution in [1.82, 2.24) is 9.80 Å². The van der Waals surface area contributed by atoms with Crippen LogP contribution in [0.1, 0.15) is 33.1 Å². The van der Waals surface area contributed by atoms with Gasteiger partial charge in [0.2, 0.25) is 0 Å². The summed E-state index contributed by atoms with van der Waals surface area (Å²) in [5.74, 6) is -0.598. The van der Waals surface area contributed by atoms with E-state index in [1.807, 2.05) is 6.92 Å². The van der Waals surface area contributed by atoms with Gasteiger partial charge in [-0.1, -0.05) is 26.0 Å². The number of ether oxygens (including phenoxy) is 1. The fourth-order valence-corrected chi connectivity index (χ4v) is 2.71. The molecule has 4 nitrogen and oxygen atoms in total. The number of halogens is 3. The molecule has 1 atom stereocenters. The van der Waals surface area contributed by atoms with Crippen LogP contribution in [0, 0.1) is 0 Å². The molecule has 0 amide bonds. The molecule has 0 aromatic heterocycles. The molecule has 0 radical (unpaired) electrons. The minimum Gasteiger partial charge on any atom is -0.461 e. The second-order valence-corrected chi connectivity index (χ2v) is 5.70. The molecule has 0 saturated carbocycles. The average molecular weight is 334 g/mol. The lowest BCUT2D eigenvalue weighted by Gasteiger charge is -2.43. The summed E-state index contributed by atoms with van der Waals surface area (Å²) in [5.41, 5.74) is 0.643. The fourth-order valence-electron chi connectivity index (χ4n) is 2.71. The number of hydrogen-bond acceptors (Lipinski definition) is 4. The standard InChI is InChI=1S/C16H25F3N2O2/c1-5-7-8-14(15(22)23-6-2)21-12(3)10-20(4)11-13(21)9-16(17,18)19/h8,13H,3,5-7,9-11H2,1-2,4H3/b14-8-. The van der Waals surface area contributed by atoms with Crippen molar-refractivity contribution in [2.24, 2.45) is 0 Å². The van der Waals surface area contributed by atoms with E-state index < -0.39 is 24.6 Å². The first-order valence-corrected chi connectivity index (χ1v) is 7.79. The minimum absolute atomic E-state index is 0.168. The zero-order valence-corrected chi connectivity index (χ0v) is 13.9. The highest BCUT2D eigenvalue weighted by Gasteiger charge is 2.40. The zero-order chi connectivity index (χ0) is 17.6. The highest BCUT2D eigenvalue weighted by molar-refractivity contribution is 5.88. The number of hydrogen-bond donors (Lipinski definition) is 0. The van der Waals surface area contributed by atoms with Crippen LogP contribution in [0.25, 0.3) is 0 Å². The molecular weight excluding hydrogens is 309 g/mol. The third-order valence-corrected chi connectivity index (χ3v) is 3.52. The SMILES string of the molecule is C=C1CN(C)CC(CC(F)(F)F)N1/C(=C\CCC)C(=O)OCC. The van der Waals surface area contributed by atoms with Crippen molar-refractivity contribution >= 4 is 5.97 Å². The lowest BCUT2D eigenvalue weighted by atomic mass is 10.0. The van der Waals surface area contributed by atoms with Crippen LogP contribution >= 0.6 is 0 Å². The number of rotatable bonds is 6. The lowest BCUT2D eigenvalue weighted by molar-refractivity contribution is -0.152. The molecule has 1 aliphatic heterocycles. The first kappa shape index (κ1) is 19.5. The van der Waals surface area contributed by atoms with Gasteiger partial charge in [-0.15, -0.1) is 0 Å². The zero-order valence-electron chi connectivity index (χ0n) is 13.9. The van der Waals surface area contributed by atoms with Crippen LogP contribution < -0.4 is 0 Å². The number of allylic oxidation sites excluding steroid dienone is 1. The Kier molecular flexibility index (Phi) is 7.12. The molecule has 7 heteroatoms. The van der Waals surface area contributed by atoms with Crippen LogP contribution in [0.3, 0.4) is 0 Å². The van der Waals surface area contributed by atoms with Crippen molar-refractivity contribution in [3.8, 4) is 0 Å². The van der Waals surface area contributed by atoms with Gasteiger partial charge in [0.25, 0.3) is 0 Å². The maximum Gasteiger partial charge on any atom is 0.391 e. The van der Waals surface area contributed by atoms with Gasteiger partial charge < -0.3 is 9.64 Å². The summed E-state index contributed by atoms with van der Waals surface area (Å²) in [6.07, 6.45) is -2.29. The van der Waals surface area contributed by atoms with Crippen LogP contribution in [-0.2, 0) is 9.53 Å². The van der Waals surface area contributed by atoms with Crippen LogP contribution in [0.15, 0.2) is 24.0 Å². The van der Waals surface area contributed by atoms with E-state index >= 15 is 0 Å². The summed E-state index contributed by atoms with van der Waals surface area (Å²) < 4.78 is 43.8. The second kappa shape index (κ2) is 8.38. The van der Waals surface area contributed by atoms with E-state index in [9.17, 15) is 18.0 Å². The Hall–Kier alpha value is -1.50. The monoisotopic (exact) mass is 334 g/mol. The predicted octanol–water partition coefficient (Wildman–Crippen LogP) is 3.32. The Labute approximate surface area is 135 Å². The lowest BCUT2D eigenvalue weighted by Crippen LogP contribution is -2.52. The number of likely N-dealkylation sites (N-methyl/N-ethyl adjacent to an activating group) is 1. The van der Waals surface area contributed by atoms with Crippen molar-refractivity contribution in [2.75, 3.05) is 26.7 Å². The molecular formula is C16H25F3N2O2. The van der Waals surface area contributed by atoms with Crippen molar-refractivity contribution in [2.45, 2.75) is 45.3 Å². The number of unbranched alkanes of at least 4 members (excludes halogenated alkanes) is 1. The van der Waals surface area contributed by atoms with Gasteiger partial charge in [-0.2, -0.15) is 13.2 Å². The van der Waals surface area contributed by atoms with E-state index in [0.29, 0.717) is 18.7 Å². The van der Waals surface area contributed by atoms with Crippen LogP contribution in [0.2, 0.25) is 0 Å². The number of nitrogens with zero attached hydrogens (tertiary/aromatic N) is 2. The van der Waals surface area contributed by atoms with Crippen molar-refractivity contribution in [1.29, 1.82) is 0 Å². The Balaban J connectivity index is 3.15. The summed E-state index contributed by atoms with van der Waals surface area (Å²) in [7, 11) is 1.74. The van der Waals surface area contributed by atoms with E-state index in [0.717, 1.165) is 6.42 Å². The number of piperazine rings is 1. The van der Waals surface area contributed by atoms with E-state index in [2.05, 4.69) is 6.58 Å². The average Bonchev–Trinajstić information content (AvgIpc) is 2.39. The number of alkyl halides is 3. The maximum atomic E-state index is 12.9. The van der Waals surface area contributed by atoms with Crippen molar-refractivity contribution in [3.63, 3.8) is 0 Å². The topological polar surface area (TPSA) is 32.8 Å². The quantitative estimate of drug-likeness (QED) is 0.551. The largest absolute Gasteiger partial charge is 0.461 e. The van der Waals surface area contributed by atoms with Gasteiger partial charge >= 0.3 is 12.1 Å². The van der Waals surface area contributed by atoms with Gasteiger partial charge in [-0.05, 0) is 20.4 Å². The summed E-state index contributed by atoms with van der Waals surface area (Å²) in [4.78, 5) is 15.4. The molecule has 1 fully saturated rings. The van der Waals surface area contributed by atoms with Crippen molar-refractivity contribution in [3.05, 3.63) is 24.0 Å². The fraction of sp³-hybridized carbons (Fsp3) is 0.688. The van der Waals surface area contributed by atoms with Gasteiger partial charge in [0, 0.05) is 18.8 Å². The Morgan fingerprint density at radius 2 is 2.09 bits per heavy atom. The maximum absolute atomic E-state index is 12.9. The van der Waals surface area contributed by atoms with E-state index in [-0.39, 0.29) is 18.8 Å². The van der Waals surface area contributed by atoms with Gasteiger partial charge in [0.1, 0.15) is 5.70 Å². The van der Waals surface area contributed by atoms with Gasteiger partial charge in [0.15, 0.2) is 0 Å². The molecule has 1 rings (SSSR count). The minimum atomic E-state index is -4.31. The highest BCUT2D eigenvalue weighted by atomic mass is 19.4. The molecule has 0 aromatic carbocycles. The first-order chi connectivity index (χ1) is 10.7. The summed E-state index contributed by atoms with van der Waals surface area (Å²) >= 11 is 0. The molecule has 132 valence electrons. The molecule has 1 saturated heterocycles. The Morgan fingerprint density at radius 3 is 2.61 bits per heavy atom. The first-order valence-electron chi connectivity index (χ1n) is 7.79. The van der Waals surface area contributed by atoms with E-state index in [4.69, 9.17) is 4.74 Å². The third-order valence-electron chi connectivity index (χ3n) is 3.52. The van der Waals surface area contributed by atoms with Crippen LogP contribution in [-0.4, -0.2) is 54.7 Å². The summed E-state index contributed by atoms with van der Waals surface area (Å²) in [5, 5.41) is 0. The smallest absolute Gasteiger partial charge is 0.391 e. The van der Waals surface area contributed by atoms with Gasteiger partial charge in [0.05, 0.1) is 19.1 Å². The molecule has 0 spiro atoms. The molecule has 0 N–H and O–H groups in total. The second-order valence-electron chi connectivity index (χ2n) is 5.70. The van der Waals surface area contributed by atoms with Crippen molar-refractivity contribution < 1.29 is 22.7 Å². The number of carbonyl (C=O) groups is 1. The summed E-state index contributed by atoms with van der Waals surface area (Å²) in [6, 6.07) is -0.881. The van der Waals surface area contributed by atoms with Gasteiger partial charge in [-0.25, -0.2) is 4.79 Å². The Bertz CT molecular complexity index is 461. The highest BCUT2D eigenvalue weighted by Crippen LogP contribution is 2.31. The summed E-state index contributed by atoms with van der Waals surface area (Å²) in [6.45, 7) is 8.27. The molecule has 0 aromatic rings. The Morgan fingerprint density at radius 1 is 1.43 bits per heavy atom. The molecule has 1 aliphatic rings. The van der Waals surface area contributed by atoms with E-state index in [1.54, 1.807) is 24.9 Å². The molecule has 23 heavy (non-hydrogen) atoms. The molecule has 1 heterocycles. The number of esters is 1. The predicted molar refractivity (Wildman–Crippen MR) is 82.6 cm³/mol. The normalized spacial score (nSPS) is 20.8. The van der Waals surface area contributed by atoms with Crippen LogP contribution in [0.5, 0.6) is 0 Å². The van der Waals surface area contributed by atoms with E-state index in [1.165, 1.54) is 4.90 Å². The number of carbonyl (C=O) groups excluding carboxylic acids is 1. The molecule has 1 unspecified atom stereocenters. The third kappa shape index (κ3) is 5.89. The molecule has 0 aliphatic carbocycles.